The van der Waals surface area contributed by atoms with Crippen molar-refractivity contribution < 1.29 is 0 Å². The summed E-state index contributed by atoms with van der Waals surface area (Å²) < 4.78 is 0. The van der Waals surface area contributed by atoms with Gasteiger partial charge < -0.3 is 0 Å². The molecule has 2 aromatic rings. The van der Waals surface area contributed by atoms with E-state index in [2.05, 4.69) is 69.3 Å². The molecular formula is C22H26. The molecule has 1 unspecified atom stereocenters. The lowest BCUT2D eigenvalue weighted by atomic mass is 9.93. The van der Waals surface area contributed by atoms with Crippen LogP contribution in [0.25, 0.3) is 17.2 Å². The maximum Gasteiger partial charge on any atom is -0.00576 e. The Morgan fingerprint density at radius 3 is 2.45 bits per heavy atom. The van der Waals surface area contributed by atoms with Gasteiger partial charge in [0.1, 0.15) is 0 Å². The first-order chi connectivity index (χ1) is 10.7. The number of allylic oxidation sites excluding steroid dienone is 1. The number of hydrogen-bond acceptors (Lipinski definition) is 0. The minimum atomic E-state index is 0.645. The van der Waals surface area contributed by atoms with Gasteiger partial charge in [-0.05, 0) is 53.0 Å². The summed E-state index contributed by atoms with van der Waals surface area (Å²) >= 11 is 0. The van der Waals surface area contributed by atoms with Gasteiger partial charge in [0.25, 0.3) is 0 Å². The fourth-order valence-electron chi connectivity index (χ4n) is 3.40. The summed E-state index contributed by atoms with van der Waals surface area (Å²) in [6, 6.07) is 15.9. The van der Waals surface area contributed by atoms with Gasteiger partial charge in [0.2, 0.25) is 0 Å². The van der Waals surface area contributed by atoms with E-state index in [1.54, 1.807) is 5.57 Å². The van der Waals surface area contributed by atoms with Gasteiger partial charge in [-0.15, -0.1) is 0 Å². The second kappa shape index (κ2) is 6.52. The maximum atomic E-state index is 2.43. The molecule has 0 heteroatoms. The lowest BCUT2D eigenvalue weighted by Crippen LogP contribution is -1.92. The van der Waals surface area contributed by atoms with E-state index in [-0.39, 0.29) is 0 Å². The third-order valence-electron chi connectivity index (χ3n) is 4.94. The Morgan fingerprint density at radius 2 is 1.77 bits per heavy atom. The average molecular weight is 290 g/mol. The summed E-state index contributed by atoms with van der Waals surface area (Å²) in [5.41, 5.74) is 8.70. The van der Waals surface area contributed by atoms with E-state index >= 15 is 0 Å². The summed E-state index contributed by atoms with van der Waals surface area (Å²) in [6.07, 6.45) is 7.22. The van der Waals surface area contributed by atoms with Crippen LogP contribution in [0.1, 0.15) is 62.6 Å². The molecule has 0 amide bonds. The van der Waals surface area contributed by atoms with E-state index in [0.29, 0.717) is 5.92 Å². The Morgan fingerprint density at radius 1 is 1.00 bits per heavy atom. The molecule has 114 valence electrons. The largest absolute Gasteiger partial charge is 0.0652 e. The van der Waals surface area contributed by atoms with Crippen LogP contribution in [0.15, 0.2) is 48.0 Å². The maximum absolute atomic E-state index is 2.43. The van der Waals surface area contributed by atoms with Crippen molar-refractivity contribution in [3.05, 3.63) is 64.7 Å². The monoisotopic (exact) mass is 290 g/mol. The molecule has 0 heterocycles. The first-order valence-corrected chi connectivity index (χ1v) is 8.64. The molecule has 3 rings (SSSR count). The standard InChI is InChI=1S/C22H26/c1-4-7-17-14-20-8-6-9-21(22(20)15-17)19-12-10-18(11-13-19)16(3)5-2/h6,8-13,15-16H,4-5,7,14H2,1-3H3. The van der Waals surface area contributed by atoms with Crippen molar-refractivity contribution in [2.45, 2.75) is 52.4 Å². The first kappa shape index (κ1) is 15.1. The van der Waals surface area contributed by atoms with E-state index in [0.717, 1.165) is 6.42 Å². The number of hydrogen-bond donors (Lipinski definition) is 0. The van der Waals surface area contributed by atoms with Crippen molar-refractivity contribution in [1.82, 2.24) is 0 Å². The number of benzene rings is 2. The molecule has 0 nitrogen and oxygen atoms in total. The van der Waals surface area contributed by atoms with Crippen molar-refractivity contribution in [2.24, 2.45) is 0 Å². The predicted octanol–water partition coefficient (Wildman–Crippen LogP) is 6.61. The molecule has 0 fully saturated rings. The predicted molar refractivity (Wildman–Crippen MR) is 97.2 cm³/mol. The molecule has 0 saturated carbocycles. The average Bonchev–Trinajstić information content (AvgIpc) is 2.97. The van der Waals surface area contributed by atoms with Gasteiger partial charge >= 0.3 is 0 Å². The van der Waals surface area contributed by atoms with Crippen molar-refractivity contribution in [3.63, 3.8) is 0 Å². The van der Waals surface area contributed by atoms with Crippen LogP contribution in [0.4, 0.5) is 0 Å². The lowest BCUT2D eigenvalue weighted by Gasteiger charge is -2.12. The molecule has 1 aliphatic rings. The highest BCUT2D eigenvalue weighted by Gasteiger charge is 2.16. The fraction of sp³-hybridized carbons (Fsp3) is 0.364. The molecule has 0 aliphatic heterocycles. The summed E-state index contributed by atoms with van der Waals surface area (Å²) in [5.74, 6) is 0.645. The molecule has 22 heavy (non-hydrogen) atoms. The zero-order valence-corrected chi connectivity index (χ0v) is 14.0. The van der Waals surface area contributed by atoms with Crippen molar-refractivity contribution in [2.75, 3.05) is 0 Å². The molecular weight excluding hydrogens is 264 g/mol. The molecule has 1 atom stereocenters. The van der Waals surface area contributed by atoms with Crippen molar-refractivity contribution >= 4 is 6.08 Å². The molecule has 0 bridgehead atoms. The fourth-order valence-corrected chi connectivity index (χ4v) is 3.40. The molecule has 0 aromatic heterocycles. The minimum Gasteiger partial charge on any atom is -0.0652 e. The second-order valence-electron chi connectivity index (χ2n) is 6.54. The first-order valence-electron chi connectivity index (χ1n) is 8.64. The van der Waals surface area contributed by atoms with E-state index in [9.17, 15) is 0 Å². The summed E-state index contributed by atoms with van der Waals surface area (Å²) in [6.45, 7) is 6.82. The second-order valence-corrected chi connectivity index (χ2v) is 6.54. The van der Waals surface area contributed by atoms with Gasteiger partial charge in [-0.2, -0.15) is 0 Å². The normalized spacial score (nSPS) is 14.6. The molecule has 1 aliphatic carbocycles. The van der Waals surface area contributed by atoms with E-state index in [1.165, 1.54) is 47.1 Å². The van der Waals surface area contributed by atoms with Crippen LogP contribution < -0.4 is 0 Å². The van der Waals surface area contributed by atoms with Gasteiger partial charge in [-0.1, -0.05) is 81.3 Å². The highest BCUT2D eigenvalue weighted by molar-refractivity contribution is 5.80. The third-order valence-corrected chi connectivity index (χ3v) is 4.94. The van der Waals surface area contributed by atoms with E-state index in [4.69, 9.17) is 0 Å². The van der Waals surface area contributed by atoms with Crippen LogP contribution >= 0.6 is 0 Å². The van der Waals surface area contributed by atoms with Crippen LogP contribution in [0.3, 0.4) is 0 Å². The molecule has 0 radical (unpaired) electrons. The quantitative estimate of drug-likeness (QED) is 0.581. The highest BCUT2D eigenvalue weighted by Crippen LogP contribution is 2.35. The number of rotatable bonds is 5. The number of fused-ring (bicyclic) bond motifs is 1. The Bertz CT molecular complexity index is 674. The Balaban J connectivity index is 1.95. The van der Waals surface area contributed by atoms with Crippen molar-refractivity contribution in [1.29, 1.82) is 0 Å². The van der Waals surface area contributed by atoms with Crippen LogP contribution in [0.2, 0.25) is 0 Å². The molecule has 0 N–H and O–H groups in total. The Kier molecular flexibility index (Phi) is 4.47. The zero-order chi connectivity index (χ0) is 15.5. The summed E-state index contributed by atoms with van der Waals surface area (Å²) in [4.78, 5) is 0. The molecule has 0 spiro atoms. The van der Waals surface area contributed by atoms with Crippen LogP contribution in [-0.2, 0) is 6.42 Å². The van der Waals surface area contributed by atoms with E-state index < -0.39 is 0 Å². The summed E-state index contributed by atoms with van der Waals surface area (Å²) in [5, 5.41) is 0. The van der Waals surface area contributed by atoms with Gasteiger partial charge in [0, 0.05) is 0 Å². The smallest absolute Gasteiger partial charge is 0.00576 e. The van der Waals surface area contributed by atoms with Gasteiger partial charge in [0.15, 0.2) is 0 Å². The lowest BCUT2D eigenvalue weighted by molar-refractivity contribution is 0.734. The summed E-state index contributed by atoms with van der Waals surface area (Å²) in [7, 11) is 0. The van der Waals surface area contributed by atoms with Gasteiger partial charge in [-0.25, -0.2) is 0 Å². The van der Waals surface area contributed by atoms with Crippen LogP contribution in [0, 0.1) is 0 Å². The SMILES string of the molecule is CCCC1=Cc2c(cccc2-c2ccc(C(C)CC)cc2)C1. The van der Waals surface area contributed by atoms with Gasteiger partial charge in [-0.3, -0.25) is 0 Å². The Hall–Kier alpha value is -1.82. The topological polar surface area (TPSA) is 0 Å². The highest BCUT2D eigenvalue weighted by atomic mass is 14.2. The van der Waals surface area contributed by atoms with Crippen LogP contribution in [0.5, 0.6) is 0 Å². The van der Waals surface area contributed by atoms with Gasteiger partial charge in [0.05, 0.1) is 0 Å². The van der Waals surface area contributed by atoms with Crippen LogP contribution in [-0.4, -0.2) is 0 Å². The Labute approximate surface area is 134 Å². The zero-order valence-electron chi connectivity index (χ0n) is 14.0. The van der Waals surface area contributed by atoms with Crippen molar-refractivity contribution in [3.8, 4) is 11.1 Å². The third kappa shape index (κ3) is 2.88. The molecule has 2 aromatic carbocycles. The minimum absolute atomic E-state index is 0.645. The molecule has 0 saturated heterocycles. The van der Waals surface area contributed by atoms with E-state index in [1.807, 2.05) is 0 Å².